The molecule has 5 rings (SSSR count). The van der Waals surface area contributed by atoms with Crippen molar-refractivity contribution in [1.29, 1.82) is 0 Å². The summed E-state index contributed by atoms with van der Waals surface area (Å²) < 4.78 is 24.4. The number of hydrogen-bond donors (Lipinski definition) is 1. The van der Waals surface area contributed by atoms with Crippen molar-refractivity contribution < 1.29 is 28.2 Å². The molecule has 6 nitrogen and oxygen atoms in total. The summed E-state index contributed by atoms with van der Waals surface area (Å²) in [5.41, 5.74) is 3.15. The highest BCUT2D eigenvalue weighted by Crippen LogP contribution is 2.55. The minimum atomic E-state index is -0.943. The molecule has 0 unspecified atom stereocenters. The Morgan fingerprint density at radius 2 is 1.68 bits per heavy atom. The molecule has 37 heavy (non-hydrogen) atoms. The van der Waals surface area contributed by atoms with Crippen LogP contribution < -0.4 is 4.74 Å². The van der Waals surface area contributed by atoms with Gasteiger partial charge in [-0.25, -0.2) is 9.18 Å². The van der Waals surface area contributed by atoms with Gasteiger partial charge in [0.25, 0.3) is 11.9 Å². The predicted octanol–water partition coefficient (Wildman–Crippen LogP) is 6.81. The van der Waals surface area contributed by atoms with Crippen LogP contribution >= 0.6 is 0 Å². The zero-order chi connectivity index (χ0) is 26.4. The summed E-state index contributed by atoms with van der Waals surface area (Å²) in [5, 5.41) is 9.22. The lowest BCUT2D eigenvalue weighted by Crippen LogP contribution is -2.48. The predicted molar refractivity (Wildman–Crippen MR) is 137 cm³/mol. The first-order valence-corrected chi connectivity index (χ1v) is 12.1. The molecule has 1 N–H and O–H groups in total. The van der Waals surface area contributed by atoms with E-state index in [2.05, 4.69) is 32.9 Å². The molecule has 2 aromatic carbocycles. The third kappa shape index (κ3) is 4.57. The molecule has 0 saturated carbocycles. The molecule has 2 aliphatic rings. The molecular weight excluding hydrogens is 473 g/mol. The van der Waals surface area contributed by atoms with Crippen LogP contribution in [0.2, 0.25) is 0 Å². The summed E-state index contributed by atoms with van der Waals surface area (Å²) in [6.07, 6.45) is 5.10. The van der Waals surface area contributed by atoms with Crippen LogP contribution in [0.4, 0.5) is 4.39 Å². The van der Waals surface area contributed by atoms with E-state index in [-0.39, 0.29) is 39.8 Å². The molecule has 190 valence electrons. The van der Waals surface area contributed by atoms with Crippen molar-refractivity contribution in [2.75, 3.05) is 13.1 Å². The molecule has 1 amide bonds. The smallest absolute Gasteiger partial charge is 0.335 e. The zero-order valence-corrected chi connectivity index (χ0v) is 21.0. The fourth-order valence-corrected chi connectivity index (χ4v) is 5.62. The minimum Gasteiger partial charge on any atom is -0.478 e. The van der Waals surface area contributed by atoms with Crippen molar-refractivity contribution >= 4 is 17.4 Å². The van der Waals surface area contributed by atoms with Gasteiger partial charge in [0.2, 0.25) is 0 Å². The van der Waals surface area contributed by atoms with Crippen molar-refractivity contribution in [2.45, 2.75) is 27.2 Å². The summed E-state index contributed by atoms with van der Waals surface area (Å²) in [6, 6.07) is 15.7. The fraction of sp³-hybridized carbons (Fsp3) is 0.267. The van der Waals surface area contributed by atoms with Gasteiger partial charge in [0.05, 0.1) is 5.56 Å². The van der Waals surface area contributed by atoms with E-state index in [1.165, 1.54) is 29.8 Å². The average molecular weight is 502 g/mol. The third-order valence-corrected chi connectivity index (χ3v) is 7.36. The molecule has 1 aliphatic carbocycles. The Bertz CT molecular complexity index is 1410. The highest BCUT2D eigenvalue weighted by molar-refractivity contribution is 5.92. The summed E-state index contributed by atoms with van der Waals surface area (Å²) >= 11 is 0. The van der Waals surface area contributed by atoms with Crippen LogP contribution in [0.15, 0.2) is 82.8 Å². The van der Waals surface area contributed by atoms with Crippen molar-refractivity contribution in [2.24, 2.45) is 10.8 Å². The van der Waals surface area contributed by atoms with Crippen LogP contribution in [-0.2, 0) is 0 Å². The number of carbonyl (C=O) groups excluding carboxylic acids is 1. The maximum Gasteiger partial charge on any atom is 0.335 e. The second-order valence-electron chi connectivity index (χ2n) is 10.4. The number of nitrogens with zero attached hydrogens (tertiary/aromatic N) is 1. The number of fused-ring (bicyclic) bond motifs is 1. The molecule has 2 heterocycles. The number of carboxylic acid groups (broad SMARTS) is 1. The lowest BCUT2D eigenvalue weighted by Gasteiger charge is -2.50. The maximum absolute atomic E-state index is 13.3. The number of amides is 1. The highest BCUT2D eigenvalue weighted by atomic mass is 19.1. The number of allylic oxidation sites excluding steroid dienone is 2. The Kier molecular flexibility index (Phi) is 6.02. The summed E-state index contributed by atoms with van der Waals surface area (Å²) in [7, 11) is 0. The monoisotopic (exact) mass is 501 g/mol. The van der Waals surface area contributed by atoms with Gasteiger partial charge in [0, 0.05) is 30.0 Å². The summed E-state index contributed by atoms with van der Waals surface area (Å²) in [5.74, 6) is -0.768. The van der Waals surface area contributed by atoms with Crippen LogP contribution in [0.1, 0.15) is 53.7 Å². The Labute approximate surface area is 214 Å². The van der Waals surface area contributed by atoms with Gasteiger partial charge in [-0.15, -0.1) is 0 Å². The van der Waals surface area contributed by atoms with E-state index in [1.807, 2.05) is 12.1 Å². The summed E-state index contributed by atoms with van der Waals surface area (Å²) in [6.45, 7) is 7.52. The second-order valence-corrected chi connectivity index (χ2v) is 10.4. The quantitative estimate of drug-likeness (QED) is 0.389. The number of ether oxygens (including phenoxy) is 1. The third-order valence-electron chi connectivity index (χ3n) is 7.36. The molecule has 0 spiro atoms. The first-order chi connectivity index (χ1) is 17.6. The summed E-state index contributed by atoms with van der Waals surface area (Å²) in [4.78, 5) is 26.3. The standard InChI is InChI=1S/C30H28FNO5/c1-29(2)23(19-4-6-20(7-5-19)28(34)35)14-16-30(3)18-32(17-15-25(29)30)27(33)24-12-13-26(37-24)36-22-10-8-21(31)9-11-22/h4-15H,16-18H2,1-3H3,(H,34,35)/t30-/m1/s1. The van der Waals surface area contributed by atoms with E-state index in [0.29, 0.717) is 18.8 Å². The molecule has 1 aliphatic heterocycles. The first kappa shape index (κ1) is 24.6. The van der Waals surface area contributed by atoms with Crippen LogP contribution in [0.25, 0.3) is 5.57 Å². The number of carboxylic acids is 1. The molecule has 7 heteroatoms. The largest absolute Gasteiger partial charge is 0.478 e. The molecule has 0 fully saturated rings. The fourth-order valence-electron chi connectivity index (χ4n) is 5.62. The van der Waals surface area contributed by atoms with Crippen LogP contribution in [-0.4, -0.2) is 35.0 Å². The van der Waals surface area contributed by atoms with Gasteiger partial charge in [-0.05, 0) is 60.0 Å². The van der Waals surface area contributed by atoms with Crippen molar-refractivity contribution in [3.05, 3.63) is 101 Å². The van der Waals surface area contributed by atoms with E-state index in [0.717, 1.165) is 17.6 Å². The van der Waals surface area contributed by atoms with E-state index in [1.54, 1.807) is 29.2 Å². The first-order valence-electron chi connectivity index (χ1n) is 12.1. The Hall–Kier alpha value is -4.13. The number of benzene rings is 2. The Morgan fingerprint density at radius 3 is 2.35 bits per heavy atom. The van der Waals surface area contributed by atoms with Crippen molar-refractivity contribution in [3.8, 4) is 11.7 Å². The van der Waals surface area contributed by atoms with Gasteiger partial charge >= 0.3 is 5.97 Å². The lowest BCUT2D eigenvalue weighted by molar-refractivity contribution is 0.0645. The van der Waals surface area contributed by atoms with Gasteiger partial charge in [-0.1, -0.05) is 50.6 Å². The normalized spacial score (nSPS) is 20.5. The van der Waals surface area contributed by atoms with E-state index < -0.39 is 5.97 Å². The number of rotatable bonds is 5. The van der Waals surface area contributed by atoms with Crippen LogP contribution in [0.5, 0.6) is 11.7 Å². The minimum absolute atomic E-state index is 0.162. The van der Waals surface area contributed by atoms with Gasteiger partial charge in [0.1, 0.15) is 11.6 Å². The molecular formula is C30H28FNO5. The number of halogens is 1. The van der Waals surface area contributed by atoms with Gasteiger partial charge in [0.15, 0.2) is 5.76 Å². The molecule has 0 saturated heterocycles. The van der Waals surface area contributed by atoms with Gasteiger partial charge in [-0.3, -0.25) is 4.79 Å². The molecule has 1 aromatic heterocycles. The maximum atomic E-state index is 13.3. The van der Waals surface area contributed by atoms with Gasteiger partial charge < -0.3 is 19.2 Å². The van der Waals surface area contributed by atoms with E-state index >= 15 is 0 Å². The topological polar surface area (TPSA) is 80.0 Å². The number of aromatic carboxylic acids is 1. The number of furan rings is 1. The molecule has 1 atom stereocenters. The van der Waals surface area contributed by atoms with Gasteiger partial charge in [-0.2, -0.15) is 0 Å². The average Bonchev–Trinajstić information content (AvgIpc) is 3.33. The highest BCUT2D eigenvalue weighted by Gasteiger charge is 2.46. The van der Waals surface area contributed by atoms with Crippen molar-refractivity contribution in [1.82, 2.24) is 4.90 Å². The van der Waals surface area contributed by atoms with Crippen LogP contribution in [0, 0.1) is 16.6 Å². The SMILES string of the molecule is CC1(C)C(c2ccc(C(=O)O)cc2)=CC[C@]2(C)CN(C(=O)c3ccc(Oc4ccc(F)cc4)o3)CC=C12. The lowest BCUT2D eigenvalue weighted by atomic mass is 9.58. The Morgan fingerprint density at radius 1 is 0.973 bits per heavy atom. The molecule has 3 aromatic rings. The number of hydrogen-bond acceptors (Lipinski definition) is 4. The molecule has 0 radical (unpaired) electrons. The van der Waals surface area contributed by atoms with E-state index in [4.69, 9.17) is 9.15 Å². The van der Waals surface area contributed by atoms with Crippen LogP contribution in [0.3, 0.4) is 0 Å². The Balaban J connectivity index is 1.33. The van der Waals surface area contributed by atoms with E-state index in [9.17, 15) is 19.1 Å². The molecule has 0 bridgehead atoms. The number of carbonyl (C=O) groups is 2. The zero-order valence-electron chi connectivity index (χ0n) is 21.0. The van der Waals surface area contributed by atoms with Crippen molar-refractivity contribution in [3.63, 3.8) is 0 Å². The second kappa shape index (κ2) is 9.07.